The summed E-state index contributed by atoms with van der Waals surface area (Å²) in [6, 6.07) is 9.90. The van der Waals surface area contributed by atoms with Crippen LogP contribution in [0.3, 0.4) is 0 Å². The molecule has 1 aromatic carbocycles. The minimum atomic E-state index is 0.117. The topological polar surface area (TPSA) is 17.1 Å². The van der Waals surface area contributed by atoms with Crippen LogP contribution >= 0.6 is 27.3 Å². The van der Waals surface area contributed by atoms with Crippen LogP contribution in [0.4, 0.5) is 0 Å². The molecule has 0 unspecified atom stereocenters. The Kier molecular flexibility index (Phi) is 4.36. The number of ketones is 1. The van der Waals surface area contributed by atoms with E-state index in [1.165, 1.54) is 16.9 Å². The van der Waals surface area contributed by atoms with Crippen LogP contribution in [0.25, 0.3) is 0 Å². The smallest absolute Gasteiger partial charge is 0.202 e. The van der Waals surface area contributed by atoms with E-state index in [0.717, 1.165) is 32.6 Å². The molecule has 0 fully saturated rings. The van der Waals surface area contributed by atoms with E-state index in [4.69, 9.17) is 0 Å². The SMILES string of the molecule is CCCc1cccc(C(=O)c2cc(C)c(Br)s2)c1. The lowest BCUT2D eigenvalue weighted by Crippen LogP contribution is -1.99. The van der Waals surface area contributed by atoms with E-state index in [0.29, 0.717) is 0 Å². The molecule has 1 aromatic heterocycles. The lowest BCUT2D eigenvalue weighted by Gasteiger charge is -2.02. The van der Waals surface area contributed by atoms with Crippen LogP contribution < -0.4 is 0 Å². The van der Waals surface area contributed by atoms with Crippen LogP contribution in [0.5, 0.6) is 0 Å². The quantitative estimate of drug-likeness (QED) is 0.724. The average Bonchev–Trinajstić information content (AvgIpc) is 2.69. The van der Waals surface area contributed by atoms with Crippen molar-refractivity contribution in [2.75, 3.05) is 0 Å². The molecule has 0 saturated carbocycles. The number of hydrogen-bond acceptors (Lipinski definition) is 2. The summed E-state index contributed by atoms with van der Waals surface area (Å²) in [4.78, 5) is 13.2. The summed E-state index contributed by atoms with van der Waals surface area (Å²) in [5.41, 5.74) is 3.14. The van der Waals surface area contributed by atoms with Crippen molar-refractivity contribution in [3.05, 3.63) is 55.7 Å². The first-order chi connectivity index (χ1) is 8.61. The average molecular weight is 323 g/mol. The van der Waals surface area contributed by atoms with Crippen molar-refractivity contribution in [2.24, 2.45) is 0 Å². The molecule has 0 radical (unpaired) electrons. The van der Waals surface area contributed by atoms with Crippen LogP contribution in [-0.2, 0) is 6.42 Å². The van der Waals surface area contributed by atoms with Gasteiger partial charge >= 0.3 is 0 Å². The van der Waals surface area contributed by atoms with E-state index in [2.05, 4.69) is 28.9 Å². The summed E-state index contributed by atoms with van der Waals surface area (Å²) in [5, 5.41) is 0. The fraction of sp³-hybridized carbons (Fsp3) is 0.267. The van der Waals surface area contributed by atoms with Crippen LogP contribution in [0, 0.1) is 6.92 Å². The lowest BCUT2D eigenvalue weighted by molar-refractivity contribution is 0.104. The summed E-state index contributed by atoms with van der Waals surface area (Å²) in [6.07, 6.45) is 2.12. The first-order valence-corrected chi connectivity index (χ1v) is 7.62. The lowest BCUT2D eigenvalue weighted by atomic mass is 10.0. The highest BCUT2D eigenvalue weighted by atomic mass is 79.9. The van der Waals surface area contributed by atoms with Gasteiger partial charge in [-0.15, -0.1) is 11.3 Å². The highest BCUT2D eigenvalue weighted by molar-refractivity contribution is 9.11. The second-order valence-electron chi connectivity index (χ2n) is 4.35. The molecule has 0 aliphatic rings. The van der Waals surface area contributed by atoms with Crippen molar-refractivity contribution in [2.45, 2.75) is 26.7 Å². The Labute approximate surface area is 120 Å². The standard InChI is InChI=1S/C15H15BrOS/c1-3-5-11-6-4-7-12(9-11)14(17)13-8-10(2)15(16)18-13/h4,6-9H,3,5H2,1-2H3. The molecule has 0 N–H and O–H groups in total. The summed E-state index contributed by atoms with van der Waals surface area (Å²) < 4.78 is 1.04. The summed E-state index contributed by atoms with van der Waals surface area (Å²) >= 11 is 4.97. The fourth-order valence-electron chi connectivity index (χ4n) is 1.87. The van der Waals surface area contributed by atoms with Gasteiger partial charge in [0.15, 0.2) is 0 Å². The van der Waals surface area contributed by atoms with Gasteiger partial charge in [0.2, 0.25) is 5.78 Å². The van der Waals surface area contributed by atoms with Crippen LogP contribution in [0.15, 0.2) is 34.1 Å². The molecule has 0 spiro atoms. The molecule has 0 bridgehead atoms. The minimum absolute atomic E-state index is 0.117. The van der Waals surface area contributed by atoms with E-state index < -0.39 is 0 Å². The second kappa shape index (κ2) is 5.81. The zero-order chi connectivity index (χ0) is 13.1. The maximum atomic E-state index is 12.4. The highest BCUT2D eigenvalue weighted by Gasteiger charge is 2.13. The van der Waals surface area contributed by atoms with Crippen molar-refractivity contribution in [1.29, 1.82) is 0 Å². The van der Waals surface area contributed by atoms with E-state index in [-0.39, 0.29) is 5.78 Å². The predicted molar refractivity (Wildman–Crippen MR) is 80.6 cm³/mol. The molecule has 94 valence electrons. The number of carbonyl (C=O) groups is 1. The molecule has 0 amide bonds. The molecule has 0 atom stereocenters. The van der Waals surface area contributed by atoms with Gasteiger partial charge < -0.3 is 0 Å². The number of hydrogen-bond donors (Lipinski definition) is 0. The molecular formula is C15H15BrOS. The third-order valence-corrected chi connectivity index (χ3v) is 4.94. The molecule has 2 rings (SSSR count). The number of carbonyl (C=O) groups excluding carboxylic acids is 1. The monoisotopic (exact) mass is 322 g/mol. The van der Waals surface area contributed by atoms with Gasteiger partial charge in [0, 0.05) is 5.56 Å². The Morgan fingerprint density at radius 3 is 2.72 bits per heavy atom. The minimum Gasteiger partial charge on any atom is -0.288 e. The maximum absolute atomic E-state index is 12.4. The zero-order valence-electron chi connectivity index (χ0n) is 10.5. The second-order valence-corrected chi connectivity index (χ2v) is 6.72. The molecule has 1 heterocycles. The van der Waals surface area contributed by atoms with Crippen molar-refractivity contribution >= 4 is 33.0 Å². The Morgan fingerprint density at radius 1 is 1.33 bits per heavy atom. The molecular weight excluding hydrogens is 308 g/mol. The van der Waals surface area contributed by atoms with Crippen molar-refractivity contribution in [3.8, 4) is 0 Å². The van der Waals surface area contributed by atoms with Crippen LogP contribution in [0.2, 0.25) is 0 Å². The van der Waals surface area contributed by atoms with Gasteiger partial charge in [-0.25, -0.2) is 0 Å². The van der Waals surface area contributed by atoms with Gasteiger partial charge in [0.05, 0.1) is 8.66 Å². The van der Waals surface area contributed by atoms with Gasteiger partial charge in [-0.3, -0.25) is 4.79 Å². The van der Waals surface area contributed by atoms with Gasteiger partial charge in [-0.2, -0.15) is 0 Å². The summed E-state index contributed by atoms with van der Waals surface area (Å²) in [6.45, 7) is 4.15. The predicted octanol–water partition coefficient (Wildman–Crippen LogP) is 5.00. The number of rotatable bonds is 4. The third kappa shape index (κ3) is 2.90. The van der Waals surface area contributed by atoms with Gasteiger partial charge in [-0.1, -0.05) is 31.5 Å². The van der Waals surface area contributed by atoms with Gasteiger partial charge in [0.1, 0.15) is 0 Å². The molecule has 0 saturated heterocycles. The van der Waals surface area contributed by atoms with Crippen molar-refractivity contribution in [1.82, 2.24) is 0 Å². The van der Waals surface area contributed by atoms with Crippen LogP contribution in [-0.4, -0.2) is 5.78 Å². The molecule has 2 aromatic rings. The van der Waals surface area contributed by atoms with E-state index in [9.17, 15) is 4.79 Å². The van der Waals surface area contributed by atoms with Gasteiger partial charge in [0.25, 0.3) is 0 Å². The molecule has 0 aliphatic carbocycles. The zero-order valence-corrected chi connectivity index (χ0v) is 12.9. The van der Waals surface area contributed by atoms with E-state index in [1.54, 1.807) is 0 Å². The number of benzene rings is 1. The van der Waals surface area contributed by atoms with E-state index >= 15 is 0 Å². The normalized spacial score (nSPS) is 10.6. The summed E-state index contributed by atoms with van der Waals surface area (Å²) in [5.74, 6) is 0.117. The summed E-state index contributed by atoms with van der Waals surface area (Å²) in [7, 11) is 0. The molecule has 0 aliphatic heterocycles. The first-order valence-electron chi connectivity index (χ1n) is 6.01. The third-order valence-electron chi connectivity index (χ3n) is 2.81. The number of aryl methyl sites for hydroxylation is 2. The Bertz CT molecular complexity index is 552. The number of halogens is 1. The van der Waals surface area contributed by atoms with Crippen LogP contribution in [0.1, 0.15) is 39.7 Å². The highest BCUT2D eigenvalue weighted by Crippen LogP contribution is 2.29. The Hall–Kier alpha value is -0.930. The Morgan fingerprint density at radius 2 is 2.11 bits per heavy atom. The fourth-order valence-corrected chi connectivity index (χ4v) is 3.37. The maximum Gasteiger partial charge on any atom is 0.202 e. The molecule has 18 heavy (non-hydrogen) atoms. The molecule has 1 nitrogen and oxygen atoms in total. The largest absolute Gasteiger partial charge is 0.288 e. The van der Waals surface area contributed by atoms with E-state index in [1.807, 2.05) is 31.2 Å². The van der Waals surface area contributed by atoms with Gasteiger partial charge in [-0.05, 0) is 52.5 Å². The van der Waals surface area contributed by atoms with Crippen molar-refractivity contribution < 1.29 is 4.79 Å². The number of thiophene rings is 1. The molecule has 3 heteroatoms. The Balaban J connectivity index is 2.30. The first kappa shape index (κ1) is 13.5. The van der Waals surface area contributed by atoms with Crippen molar-refractivity contribution in [3.63, 3.8) is 0 Å².